The summed E-state index contributed by atoms with van der Waals surface area (Å²) < 4.78 is 68.6. The van der Waals surface area contributed by atoms with E-state index in [9.17, 15) is 43.2 Å². The van der Waals surface area contributed by atoms with E-state index in [0.717, 1.165) is 180 Å². The van der Waals surface area contributed by atoms with Gasteiger partial charge in [0.15, 0.2) is 12.2 Å². The summed E-state index contributed by atoms with van der Waals surface area (Å²) in [6, 6.07) is 0. The summed E-state index contributed by atoms with van der Waals surface area (Å²) in [6.45, 7) is 4.20. The molecular weight excluding hydrogens is 1450 g/mol. The summed E-state index contributed by atoms with van der Waals surface area (Å²) >= 11 is 0. The zero-order valence-corrected chi connectivity index (χ0v) is 70.5. The molecule has 5 unspecified atom stereocenters. The minimum absolute atomic E-state index is 0.000647. The Bertz CT molecular complexity index is 3040. The molecule has 0 aromatic carbocycles. The molecule has 5 atom stereocenters. The number of unbranched alkanes of at least 4 members (excludes halogenated alkanes) is 11. The number of carbonyl (C=O) groups excluding carboxylic acids is 4. The number of hydrogen-bond donors (Lipinski definition) is 3. The Balaban J connectivity index is 5.56. The molecular formula is C93H144O17P2. The predicted octanol–water partition coefficient (Wildman–Crippen LogP) is 25.0. The quantitative estimate of drug-likeness (QED) is 0.0169. The number of esters is 4. The lowest BCUT2D eigenvalue weighted by molar-refractivity contribution is -0.161. The number of phosphoric ester groups is 2. The highest BCUT2D eigenvalue weighted by Crippen LogP contribution is 2.45. The minimum atomic E-state index is -5.02. The maximum absolute atomic E-state index is 13.1. The van der Waals surface area contributed by atoms with Crippen LogP contribution in [0.15, 0.2) is 231 Å². The SMILES string of the molecule is CC/C=C\C/C=C\C/C=C\C/C=C\C/C=C\CCCCCC(=O)OCC(COP(=O)(O)OCC(O)COP(=O)(O)OCC(COC(=O)CCCCCCCC/C=C\C/C=C\C/C=C\C/C=C\CC)OC(=O)CCC/C=C\C/C=C\C/C=C\C/C=C\C/C=C\CC)OC(=O)CCC/C=C\C/C=C\C/C=C\C/C=C\C/C=C\CC. The molecule has 0 aliphatic carbocycles. The van der Waals surface area contributed by atoms with Crippen molar-refractivity contribution in [3.8, 4) is 0 Å². The van der Waals surface area contributed by atoms with Crippen molar-refractivity contribution < 1.29 is 80.2 Å². The minimum Gasteiger partial charge on any atom is -0.462 e. The van der Waals surface area contributed by atoms with E-state index in [0.29, 0.717) is 38.5 Å². The second kappa shape index (κ2) is 82.1. The van der Waals surface area contributed by atoms with Crippen LogP contribution in [0.25, 0.3) is 0 Å². The summed E-state index contributed by atoms with van der Waals surface area (Å²) in [5, 5.41) is 10.7. The molecule has 628 valence electrons. The molecule has 0 radical (unpaired) electrons. The fourth-order valence-corrected chi connectivity index (χ4v) is 11.5. The lowest BCUT2D eigenvalue weighted by Crippen LogP contribution is -2.30. The van der Waals surface area contributed by atoms with Gasteiger partial charge in [-0.3, -0.25) is 37.3 Å². The van der Waals surface area contributed by atoms with Crippen LogP contribution in [-0.4, -0.2) is 96.7 Å². The Morgan fingerprint density at radius 3 is 0.705 bits per heavy atom. The molecule has 0 saturated heterocycles. The first-order valence-corrected chi connectivity index (χ1v) is 44.6. The van der Waals surface area contributed by atoms with Crippen LogP contribution in [0.4, 0.5) is 0 Å². The van der Waals surface area contributed by atoms with Gasteiger partial charge < -0.3 is 33.8 Å². The smallest absolute Gasteiger partial charge is 0.462 e. The van der Waals surface area contributed by atoms with Crippen LogP contribution in [0.1, 0.15) is 272 Å². The van der Waals surface area contributed by atoms with Gasteiger partial charge in [-0.15, -0.1) is 0 Å². The van der Waals surface area contributed by atoms with Crippen molar-refractivity contribution in [3.05, 3.63) is 231 Å². The van der Waals surface area contributed by atoms with E-state index in [2.05, 4.69) is 234 Å². The van der Waals surface area contributed by atoms with E-state index in [1.54, 1.807) is 0 Å². The third-order valence-electron chi connectivity index (χ3n) is 16.1. The molecule has 0 spiro atoms. The summed E-state index contributed by atoms with van der Waals surface area (Å²) in [5.74, 6) is -2.39. The first-order valence-electron chi connectivity index (χ1n) is 41.6. The highest BCUT2D eigenvalue weighted by molar-refractivity contribution is 7.47. The number of ether oxygens (including phenoxy) is 4. The van der Waals surface area contributed by atoms with E-state index in [4.69, 9.17) is 37.0 Å². The van der Waals surface area contributed by atoms with Crippen LogP contribution in [0.3, 0.4) is 0 Å². The van der Waals surface area contributed by atoms with Crippen LogP contribution in [0.2, 0.25) is 0 Å². The Morgan fingerprint density at radius 1 is 0.250 bits per heavy atom. The van der Waals surface area contributed by atoms with E-state index < -0.39 is 97.5 Å². The molecule has 19 heteroatoms. The van der Waals surface area contributed by atoms with Gasteiger partial charge in [0.2, 0.25) is 0 Å². The van der Waals surface area contributed by atoms with Crippen LogP contribution >= 0.6 is 15.6 Å². The number of aliphatic hydroxyl groups is 1. The van der Waals surface area contributed by atoms with Gasteiger partial charge >= 0.3 is 39.5 Å². The van der Waals surface area contributed by atoms with E-state index in [1.807, 2.05) is 24.3 Å². The van der Waals surface area contributed by atoms with Crippen molar-refractivity contribution in [2.45, 2.75) is 290 Å². The Hall–Kier alpha value is -6.88. The van der Waals surface area contributed by atoms with Gasteiger partial charge in [-0.25, -0.2) is 9.13 Å². The second-order valence-electron chi connectivity index (χ2n) is 26.5. The van der Waals surface area contributed by atoms with Gasteiger partial charge in [0, 0.05) is 25.7 Å². The van der Waals surface area contributed by atoms with Crippen LogP contribution in [-0.2, 0) is 65.4 Å². The zero-order valence-electron chi connectivity index (χ0n) is 68.7. The first-order chi connectivity index (χ1) is 54.7. The largest absolute Gasteiger partial charge is 0.472 e. The van der Waals surface area contributed by atoms with Crippen molar-refractivity contribution in [3.63, 3.8) is 0 Å². The predicted molar refractivity (Wildman–Crippen MR) is 463 cm³/mol. The van der Waals surface area contributed by atoms with E-state index in [1.165, 1.54) is 0 Å². The van der Waals surface area contributed by atoms with E-state index in [-0.39, 0.29) is 25.7 Å². The Morgan fingerprint density at radius 2 is 0.446 bits per heavy atom. The highest BCUT2D eigenvalue weighted by atomic mass is 31.2. The molecule has 17 nitrogen and oxygen atoms in total. The first kappa shape index (κ1) is 105. The van der Waals surface area contributed by atoms with Gasteiger partial charge in [-0.1, -0.05) is 291 Å². The fraction of sp³-hybridized carbons (Fsp3) is 0.548. The average molecular weight is 1600 g/mol. The normalized spacial score (nSPS) is 15.0. The Labute approximate surface area is 676 Å². The maximum atomic E-state index is 13.1. The summed E-state index contributed by atoms with van der Waals surface area (Å²) in [7, 11) is -10.0. The number of phosphoric acid groups is 2. The lowest BCUT2D eigenvalue weighted by Gasteiger charge is -2.21. The molecule has 0 aromatic rings. The molecule has 0 aromatic heterocycles. The molecule has 0 heterocycles. The highest BCUT2D eigenvalue weighted by Gasteiger charge is 2.30. The summed E-state index contributed by atoms with van der Waals surface area (Å²) in [5.41, 5.74) is 0. The van der Waals surface area contributed by atoms with Gasteiger partial charge in [0.25, 0.3) is 0 Å². The topological polar surface area (TPSA) is 237 Å². The number of allylic oxidation sites excluding steroid dienone is 38. The second-order valence-corrected chi connectivity index (χ2v) is 29.4. The van der Waals surface area contributed by atoms with Gasteiger partial charge in [-0.2, -0.15) is 0 Å². The van der Waals surface area contributed by atoms with Gasteiger partial charge in [0.05, 0.1) is 26.4 Å². The van der Waals surface area contributed by atoms with Crippen LogP contribution in [0, 0.1) is 0 Å². The number of carbonyl (C=O) groups is 4. The molecule has 0 aliphatic heterocycles. The summed E-state index contributed by atoms with van der Waals surface area (Å²) in [6.07, 6.45) is 106. The number of hydrogen-bond acceptors (Lipinski definition) is 15. The maximum Gasteiger partial charge on any atom is 0.472 e. The lowest BCUT2D eigenvalue weighted by atomic mass is 10.1. The molecule has 112 heavy (non-hydrogen) atoms. The Kier molecular flexibility index (Phi) is 77.1. The van der Waals surface area contributed by atoms with Crippen molar-refractivity contribution in [2.75, 3.05) is 39.6 Å². The third kappa shape index (κ3) is 81.1. The van der Waals surface area contributed by atoms with Gasteiger partial charge in [-0.05, 0) is 186 Å². The molecule has 0 rings (SSSR count). The monoisotopic (exact) mass is 1590 g/mol. The molecule has 0 fully saturated rings. The summed E-state index contributed by atoms with van der Waals surface area (Å²) in [4.78, 5) is 73.2. The zero-order chi connectivity index (χ0) is 81.7. The molecule has 0 saturated carbocycles. The van der Waals surface area contributed by atoms with Crippen LogP contribution in [0.5, 0.6) is 0 Å². The van der Waals surface area contributed by atoms with Crippen molar-refractivity contribution >= 4 is 39.5 Å². The van der Waals surface area contributed by atoms with Gasteiger partial charge in [0.1, 0.15) is 19.3 Å². The number of aliphatic hydroxyl groups excluding tert-OH is 1. The molecule has 3 N–H and O–H groups in total. The van der Waals surface area contributed by atoms with Crippen molar-refractivity contribution in [2.24, 2.45) is 0 Å². The fourth-order valence-electron chi connectivity index (χ4n) is 9.95. The van der Waals surface area contributed by atoms with Crippen LogP contribution < -0.4 is 0 Å². The van der Waals surface area contributed by atoms with E-state index >= 15 is 0 Å². The average Bonchev–Trinajstić information content (AvgIpc) is 0.895. The molecule has 0 bridgehead atoms. The third-order valence-corrected chi connectivity index (χ3v) is 18.0. The van der Waals surface area contributed by atoms with Crippen molar-refractivity contribution in [1.82, 2.24) is 0 Å². The number of rotatable bonds is 75. The molecule has 0 aliphatic rings. The van der Waals surface area contributed by atoms with Crippen molar-refractivity contribution in [1.29, 1.82) is 0 Å². The molecule has 0 amide bonds. The standard InChI is InChI=1S/C93H144O17P2/c1-5-9-13-17-21-25-29-33-37-41-43-47-49-53-57-61-65-69-73-77-90(95)103-83-88(109-92(97)79-75-71-67-63-59-55-51-45-39-35-31-27-23-19-15-11-7-3)85-107-111(99,100)105-81-87(94)82-106-112(101,102)108-86-89(110-93(98)80-76-72-68-64-60-56-52-46-40-36-32-28-24-20-16-12-8-4)84-104-91(96)78-74-70-66-62-58-54-50-48-44-42-38-34-30-26-22-18-14-10-6-2/h9-16,21-28,33-40,43-44,47-48,51-53,55-57,63-64,67-68,87-89,94H,5-8,17-20,29-32,41-42,45-46,49-50,54,58-62,65-66,69-86H2,1-4H3,(H,99,100)(H,101,102)/b13-9-,14-10-,15-11-,16-12-,25-21-,26-22-,27-23-,28-24-,37-33-,38-34-,39-35-,40-36-,47-43-,48-44-,55-51-,56-52-,57-53-,67-63-,68-64-.